The highest BCUT2D eigenvalue weighted by Gasteiger charge is 2.31. The maximum Gasteiger partial charge on any atom is 0.416 e. The molecular weight excluding hydrogens is 457 g/mol. The summed E-state index contributed by atoms with van der Waals surface area (Å²) in [6.45, 7) is -0.0222. The van der Waals surface area contributed by atoms with Crippen LogP contribution in [0.15, 0.2) is 53.6 Å². The van der Waals surface area contributed by atoms with Gasteiger partial charge < -0.3 is 19.9 Å². The first kappa shape index (κ1) is 26.5. The van der Waals surface area contributed by atoms with Gasteiger partial charge in [0.25, 0.3) is 0 Å². The molecule has 0 bridgehead atoms. The third kappa shape index (κ3) is 7.98. The Hall–Kier alpha value is -3.76. The Morgan fingerprint density at radius 1 is 1.09 bits per heavy atom. The Morgan fingerprint density at radius 3 is 2.21 bits per heavy atom. The van der Waals surface area contributed by atoms with E-state index in [0.29, 0.717) is 16.9 Å². The van der Waals surface area contributed by atoms with Gasteiger partial charge in [0.2, 0.25) is 5.91 Å². The van der Waals surface area contributed by atoms with Crippen LogP contribution < -0.4 is 10.1 Å². The Kier molecular flexibility index (Phi) is 9.72. The summed E-state index contributed by atoms with van der Waals surface area (Å²) in [7, 11) is 1.11. The van der Waals surface area contributed by atoms with Gasteiger partial charge in [0.1, 0.15) is 24.4 Å². The van der Waals surface area contributed by atoms with Crippen LogP contribution in [0, 0.1) is 0 Å². The fourth-order valence-electron chi connectivity index (χ4n) is 3.03. The molecule has 0 aliphatic carbocycles. The number of alkyl halides is 3. The number of azide groups is 1. The average Bonchev–Trinajstić information content (AvgIpc) is 2.82. The largest absolute Gasteiger partial charge is 0.491 e. The van der Waals surface area contributed by atoms with Gasteiger partial charge in [0.05, 0.1) is 19.3 Å². The molecule has 2 unspecified atom stereocenters. The van der Waals surface area contributed by atoms with Gasteiger partial charge in [-0.15, -0.1) is 0 Å². The quantitative estimate of drug-likeness (QED) is 0.221. The molecule has 2 aromatic rings. The number of nitrogens with one attached hydrogen (secondary N) is 1. The molecule has 0 saturated carbocycles. The third-order valence-corrected chi connectivity index (χ3v) is 4.73. The minimum atomic E-state index is -4.50. The molecule has 34 heavy (non-hydrogen) atoms. The molecule has 2 aromatic carbocycles. The number of amides is 1. The zero-order valence-electron chi connectivity index (χ0n) is 18.2. The number of nitrogens with zero attached hydrogens (tertiary/aromatic N) is 3. The zero-order valence-corrected chi connectivity index (χ0v) is 18.2. The number of aliphatic hydroxyl groups excluding tert-OH is 1. The minimum Gasteiger partial charge on any atom is -0.491 e. The maximum atomic E-state index is 12.8. The lowest BCUT2D eigenvalue weighted by Gasteiger charge is -2.19. The molecule has 2 rings (SSSR count). The fraction of sp³-hybridized carbons (Fsp3) is 0.364. The van der Waals surface area contributed by atoms with Gasteiger partial charge in [0.15, 0.2) is 0 Å². The van der Waals surface area contributed by atoms with Crippen LogP contribution in [0.3, 0.4) is 0 Å². The van der Waals surface area contributed by atoms with Crippen molar-refractivity contribution < 1.29 is 37.3 Å². The Labute approximate surface area is 193 Å². The molecule has 182 valence electrons. The highest BCUT2D eigenvalue weighted by atomic mass is 19.4. The van der Waals surface area contributed by atoms with Crippen molar-refractivity contribution in [3.05, 3.63) is 75.7 Å². The Balaban J connectivity index is 2.11. The van der Waals surface area contributed by atoms with Gasteiger partial charge in [-0.2, -0.15) is 13.2 Å². The van der Waals surface area contributed by atoms with Crippen LogP contribution in [-0.4, -0.2) is 49.4 Å². The first-order chi connectivity index (χ1) is 16.2. The van der Waals surface area contributed by atoms with Crippen molar-refractivity contribution in [2.45, 2.75) is 31.1 Å². The summed E-state index contributed by atoms with van der Waals surface area (Å²) >= 11 is 0. The maximum absolute atomic E-state index is 12.8. The molecular formula is C22H23F3N4O5. The molecule has 0 heterocycles. The van der Waals surface area contributed by atoms with Gasteiger partial charge in [-0.3, -0.25) is 4.79 Å². The van der Waals surface area contributed by atoms with E-state index in [2.05, 4.69) is 15.3 Å². The molecule has 0 aromatic heterocycles. The summed E-state index contributed by atoms with van der Waals surface area (Å²) in [4.78, 5) is 27.6. The van der Waals surface area contributed by atoms with Crippen molar-refractivity contribution >= 4 is 11.9 Å². The Bertz CT molecular complexity index is 1010. The normalized spacial score (nSPS) is 12.7. The van der Waals surface area contributed by atoms with E-state index >= 15 is 0 Å². The molecule has 9 nitrogen and oxygen atoms in total. The van der Waals surface area contributed by atoms with E-state index in [4.69, 9.17) is 20.1 Å². The summed E-state index contributed by atoms with van der Waals surface area (Å²) in [6.07, 6.45) is -4.61. The van der Waals surface area contributed by atoms with Crippen molar-refractivity contribution in [3.8, 4) is 5.75 Å². The number of methoxy groups -OCH3 is 1. The number of hydrogen-bond acceptors (Lipinski definition) is 6. The van der Waals surface area contributed by atoms with Crippen LogP contribution in [0.1, 0.15) is 16.7 Å². The molecule has 12 heteroatoms. The smallest absolute Gasteiger partial charge is 0.416 e. The van der Waals surface area contributed by atoms with E-state index in [1.807, 2.05) is 0 Å². The lowest BCUT2D eigenvalue weighted by molar-refractivity contribution is -0.145. The monoisotopic (exact) mass is 480 g/mol. The number of halogens is 3. The van der Waals surface area contributed by atoms with Crippen LogP contribution >= 0.6 is 0 Å². The van der Waals surface area contributed by atoms with Crippen molar-refractivity contribution in [2.75, 3.05) is 20.3 Å². The predicted octanol–water partition coefficient (Wildman–Crippen LogP) is 3.20. The number of carbonyl (C=O) groups is 2. The topological polar surface area (TPSA) is 134 Å². The summed E-state index contributed by atoms with van der Waals surface area (Å²) in [6, 6.07) is 8.31. The first-order valence-corrected chi connectivity index (χ1v) is 10.1. The molecule has 2 N–H and O–H groups in total. The van der Waals surface area contributed by atoms with E-state index < -0.39 is 35.7 Å². The van der Waals surface area contributed by atoms with Gasteiger partial charge in [0, 0.05) is 11.3 Å². The van der Waals surface area contributed by atoms with Crippen LogP contribution in [0.2, 0.25) is 0 Å². The minimum absolute atomic E-state index is 0.0182. The first-order valence-electron chi connectivity index (χ1n) is 10.1. The standard InChI is InChI=1S/C22H23F3N4O5/c1-33-21(32)19(13-14-2-6-16(7-3-14)22(23,24)25)27-20(31)18(28-29-26)12-15-4-8-17(9-5-15)34-11-10-30/h2-9,18-19,30H,10-13H2,1H3,(H,27,31). The number of hydrogen-bond donors (Lipinski definition) is 2. The lowest BCUT2D eigenvalue weighted by Crippen LogP contribution is -2.47. The second-order valence-electron chi connectivity index (χ2n) is 7.12. The molecule has 0 aliphatic heterocycles. The van der Waals surface area contributed by atoms with Crippen LogP contribution in [0.5, 0.6) is 5.75 Å². The summed E-state index contributed by atoms with van der Waals surface area (Å²) in [5, 5.41) is 14.7. The second kappa shape index (κ2) is 12.5. The van der Waals surface area contributed by atoms with E-state index in [-0.39, 0.29) is 26.1 Å². The number of esters is 1. The van der Waals surface area contributed by atoms with Crippen LogP contribution in [-0.2, 0) is 33.3 Å². The van der Waals surface area contributed by atoms with Gasteiger partial charge in [-0.25, -0.2) is 4.79 Å². The summed E-state index contributed by atoms with van der Waals surface area (Å²) < 4.78 is 48.3. The molecule has 1 amide bonds. The molecule has 0 aliphatic rings. The molecule has 0 fully saturated rings. The number of aliphatic hydroxyl groups is 1. The van der Waals surface area contributed by atoms with Gasteiger partial charge in [-0.1, -0.05) is 29.4 Å². The van der Waals surface area contributed by atoms with E-state index in [1.54, 1.807) is 24.3 Å². The van der Waals surface area contributed by atoms with E-state index in [1.165, 1.54) is 12.1 Å². The number of benzene rings is 2. The van der Waals surface area contributed by atoms with Gasteiger partial charge in [-0.05, 0) is 47.3 Å². The SMILES string of the molecule is COC(=O)C(Cc1ccc(C(F)(F)F)cc1)NC(=O)C(Cc1ccc(OCCO)cc1)N=[N+]=[N-]. The summed E-state index contributed by atoms with van der Waals surface area (Å²) in [5.74, 6) is -1.05. The number of carbonyl (C=O) groups excluding carboxylic acids is 2. The highest BCUT2D eigenvalue weighted by molar-refractivity contribution is 5.88. The number of ether oxygens (including phenoxy) is 2. The predicted molar refractivity (Wildman–Crippen MR) is 115 cm³/mol. The summed E-state index contributed by atoms with van der Waals surface area (Å²) in [5.41, 5.74) is 9.03. The molecule has 0 saturated heterocycles. The molecule has 0 radical (unpaired) electrons. The number of rotatable bonds is 11. The Morgan fingerprint density at radius 2 is 1.68 bits per heavy atom. The van der Waals surface area contributed by atoms with E-state index in [9.17, 15) is 22.8 Å². The molecule has 0 spiro atoms. The average molecular weight is 480 g/mol. The molecule has 2 atom stereocenters. The van der Waals surface area contributed by atoms with Gasteiger partial charge >= 0.3 is 12.1 Å². The van der Waals surface area contributed by atoms with Crippen LogP contribution in [0.25, 0.3) is 10.4 Å². The van der Waals surface area contributed by atoms with Crippen molar-refractivity contribution in [3.63, 3.8) is 0 Å². The highest BCUT2D eigenvalue weighted by Crippen LogP contribution is 2.29. The fourth-order valence-corrected chi connectivity index (χ4v) is 3.03. The van der Waals surface area contributed by atoms with Crippen LogP contribution in [0.4, 0.5) is 13.2 Å². The van der Waals surface area contributed by atoms with Crippen molar-refractivity contribution in [2.24, 2.45) is 5.11 Å². The zero-order chi connectivity index (χ0) is 25.1. The lowest BCUT2D eigenvalue weighted by atomic mass is 10.0. The van der Waals surface area contributed by atoms with Crippen molar-refractivity contribution in [1.29, 1.82) is 0 Å². The second-order valence-corrected chi connectivity index (χ2v) is 7.12. The van der Waals surface area contributed by atoms with Crippen molar-refractivity contribution in [1.82, 2.24) is 5.32 Å². The van der Waals surface area contributed by atoms with E-state index in [0.717, 1.165) is 19.2 Å². The third-order valence-electron chi connectivity index (χ3n) is 4.73.